The molecule has 0 radical (unpaired) electrons. The molecule has 1 atom stereocenters. The highest BCUT2D eigenvalue weighted by Crippen LogP contribution is 2.31. The topological polar surface area (TPSA) is 99.0 Å². The lowest BCUT2D eigenvalue weighted by atomic mass is 10.2. The lowest BCUT2D eigenvalue weighted by molar-refractivity contribution is -0.116. The van der Waals surface area contributed by atoms with Gasteiger partial charge in [0.1, 0.15) is 23.4 Å². The van der Waals surface area contributed by atoms with Gasteiger partial charge in [-0.15, -0.1) is 10.2 Å². The Morgan fingerprint density at radius 3 is 3.04 bits per heavy atom. The zero-order valence-electron chi connectivity index (χ0n) is 14.1. The number of fused-ring (bicyclic) bond motifs is 1. The molecular formula is C17H17N5O3S. The average molecular weight is 371 g/mol. The van der Waals surface area contributed by atoms with E-state index in [0.717, 1.165) is 24.5 Å². The van der Waals surface area contributed by atoms with Gasteiger partial charge in [0.15, 0.2) is 0 Å². The molecule has 1 fully saturated rings. The van der Waals surface area contributed by atoms with Crippen LogP contribution in [-0.2, 0) is 16.1 Å². The van der Waals surface area contributed by atoms with Gasteiger partial charge in [-0.2, -0.15) is 0 Å². The summed E-state index contributed by atoms with van der Waals surface area (Å²) in [7, 11) is 0. The van der Waals surface area contributed by atoms with Crippen molar-refractivity contribution < 1.29 is 9.53 Å². The monoisotopic (exact) mass is 371 g/mol. The zero-order valence-corrected chi connectivity index (χ0v) is 15.0. The van der Waals surface area contributed by atoms with Gasteiger partial charge < -0.3 is 4.74 Å². The van der Waals surface area contributed by atoms with Crippen molar-refractivity contribution in [3.8, 4) is 0 Å². The normalized spacial score (nSPS) is 16.9. The van der Waals surface area contributed by atoms with E-state index in [1.54, 1.807) is 13.0 Å². The molecule has 3 heterocycles. The van der Waals surface area contributed by atoms with E-state index in [1.807, 2.05) is 18.2 Å². The third-order valence-electron chi connectivity index (χ3n) is 4.21. The van der Waals surface area contributed by atoms with E-state index in [9.17, 15) is 9.59 Å². The molecular weight excluding hydrogens is 354 g/mol. The summed E-state index contributed by atoms with van der Waals surface area (Å²) in [5.41, 5.74) is 1.37. The molecule has 8 nitrogen and oxygen atoms in total. The van der Waals surface area contributed by atoms with Crippen LogP contribution in [0.1, 0.15) is 29.6 Å². The van der Waals surface area contributed by atoms with Gasteiger partial charge in [-0.25, -0.2) is 4.98 Å². The molecule has 134 valence electrons. The number of anilines is 1. The first kappa shape index (κ1) is 16.8. The minimum Gasteiger partial charge on any atom is -0.371 e. The highest BCUT2D eigenvalue weighted by molar-refractivity contribution is 7.15. The van der Waals surface area contributed by atoms with E-state index in [1.165, 1.54) is 15.9 Å². The predicted molar refractivity (Wildman–Crippen MR) is 97.2 cm³/mol. The molecule has 0 spiro atoms. The largest absolute Gasteiger partial charge is 0.371 e. The maximum absolute atomic E-state index is 12.4. The van der Waals surface area contributed by atoms with E-state index in [-0.39, 0.29) is 24.1 Å². The molecule has 3 aromatic rings. The molecule has 1 N–H and O–H groups in total. The maximum atomic E-state index is 12.4. The molecule has 26 heavy (non-hydrogen) atoms. The quantitative estimate of drug-likeness (QED) is 0.753. The van der Waals surface area contributed by atoms with Crippen molar-refractivity contribution >= 4 is 33.4 Å². The molecule has 9 heteroatoms. The van der Waals surface area contributed by atoms with E-state index in [0.29, 0.717) is 21.9 Å². The Balaban J connectivity index is 1.54. The van der Waals surface area contributed by atoms with E-state index < -0.39 is 0 Å². The highest BCUT2D eigenvalue weighted by Gasteiger charge is 2.22. The van der Waals surface area contributed by atoms with Gasteiger partial charge >= 0.3 is 0 Å². The Kier molecular flexibility index (Phi) is 4.48. The molecule has 1 amide bonds. The number of ether oxygens (including phenoxy) is 1. The summed E-state index contributed by atoms with van der Waals surface area (Å²) < 4.78 is 7.00. The van der Waals surface area contributed by atoms with Crippen LogP contribution >= 0.6 is 11.3 Å². The van der Waals surface area contributed by atoms with E-state index >= 15 is 0 Å². The van der Waals surface area contributed by atoms with Crippen molar-refractivity contribution in [3.05, 3.63) is 45.3 Å². The van der Waals surface area contributed by atoms with Crippen LogP contribution in [0.15, 0.2) is 29.1 Å². The van der Waals surface area contributed by atoms with Gasteiger partial charge in [-0.05, 0) is 31.9 Å². The van der Waals surface area contributed by atoms with Gasteiger partial charge in [0.25, 0.3) is 5.56 Å². The zero-order chi connectivity index (χ0) is 18.1. The Morgan fingerprint density at radius 2 is 2.23 bits per heavy atom. The number of nitrogens with zero attached hydrogens (tertiary/aromatic N) is 4. The van der Waals surface area contributed by atoms with Crippen molar-refractivity contribution in [2.45, 2.75) is 32.4 Å². The summed E-state index contributed by atoms with van der Waals surface area (Å²) in [5.74, 6) is -0.335. The smallest absolute Gasteiger partial charge is 0.272 e. The fraction of sp³-hybridized carbons (Fsp3) is 0.353. The van der Waals surface area contributed by atoms with Crippen LogP contribution in [0.4, 0.5) is 5.13 Å². The van der Waals surface area contributed by atoms with Crippen LogP contribution in [0, 0.1) is 6.92 Å². The second kappa shape index (κ2) is 6.93. The highest BCUT2D eigenvalue weighted by atomic mass is 32.1. The third-order valence-corrected chi connectivity index (χ3v) is 5.14. The molecule has 0 aliphatic carbocycles. The number of aryl methyl sites for hydroxylation is 1. The van der Waals surface area contributed by atoms with Gasteiger partial charge in [0.05, 0.1) is 11.0 Å². The van der Waals surface area contributed by atoms with E-state index in [4.69, 9.17) is 4.74 Å². The number of rotatable bonds is 4. The Hall–Kier alpha value is -2.65. The second-order valence-corrected chi connectivity index (χ2v) is 7.08. The van der Waals surface area contributed by atoms with Crippen molar-refractivity contribution in [2.24, 2.45) is 0 Å². The molecule has 1 aliphatic rings. The van der Waals surface area contributed by atoms with Crippen molar-refractivity contribution in [1.82, 2.24) is 19.7 Å². The average Bonchev–Trinajstić information content (AvgIpc) is 3.30. The molecule has 4 rings (SSSR count). The Morgan fingerprint density at radius 1 is 1.38 bits per heavy atom. The summed E-state index contributed by atoms with van der Waals surface area (Å²) in [6, 6.07) is 7.25. The minimum atomic E-state index is -0.335. The summed E-state index contributed by atoms with van der Waals surface area (Å²) in [6.07, 6.45) is 1.89. The van der Waals surface area contributed by atoms with Crippen LogP contribution in [0.2, 0.25) is 0 Å². The molecule has 1 aromatic carbocycles. The van der Waals surface area contributed by atoms with Gasteiger partial charge in [0.2, 0.25) is 11.0 Å². The number of nitrogens with one attached hydrogen (secondary N) is 1. The first-order chi connectivity index (χ1) is 12.6. The molecule has 0 bridgehead atoms. The lowest BCUT2D eigenvalue weighted by Gasteiger charge is -2.10. The maximum Gasteiger partial charge on any atom is 0.272 e. The number of carbonyl (C=O) groups excluding carboxylic acids is 1. The Bertz CT molecular complexity index is 1020. The number of hydrogen-bond donors (Lipinski definition) is 1. The molecule has 0 unspecified atom stereocenters. The van der Waals surface area contributed by atoms with E-state index in [2.05, 4.69) is 20.5 Å². The van der Waals surface area contributed by atoms with Crippen LogP contribution in [0.5, 0.6) is 0 Å². The van der Waals surface area contributed by atoms with Crippen LogP contribution in [-0.4, -0.2) is 32.3 Å². The van der Waals surface area contributed by atoms with Crippen LogP contribution in [0.25, 0.3) is 11.0 Å². The fourth-order valence-corrected chi connectivity index (χ4v) is 3.81. The number of aromatic nitrogens is 4. The first-order valence-corrected chi connectivity index (χ1v) is 9.14. The fourth-order valence-electron chi connectivity index (χ4n) is 2.97. The predicted octanol–water partition coefficient (Wildman–Crippen LogP) is 2.05. The molecule has 2 aromatic heterocycles. The summed E-state index contributed by atoms with van der Waals surface area (Å²) >= 11 is 1.30. The SMILES string of the molecule is Cc1nc2ccccc2n(CC(=O)Nc2nnc([C@@H]3CCCO3)s2)c1=O. The van der Waals surface area contributed by atoms with Crippen molar-refractivity contribution in [3.63, 3.8) is 0 Å². The Labute approximate surface area is 152 Å². The third kappa shape index (κ3) is 3.23. The van der Waals surface area contributed by atoms with Gasteiger partial charge in [-0.3, -0.25) is 19.5 Å². The summed E-state index contributed by atoms with van der Waals surface area (Å²) in [5, 5.41) is 12.0. The number of amides is 1. The summed E-state index contributed by atoms with van der Waals surface area (Å²) in [4.78, 5) is 29.1. The first-order valence-electron chi connectivity index (χ1n) is 8.33. The van der Waals surface area contributed by atoms with Crippen LogP contribution in [0.3, 0.4) is 0 Å². The number of para-hydroxylation sites is 2. The van der Waals surface area contributed by atoms with Gasteiger partial charge in [0, 0.05) is 6.61 Å². The lowest BCUT2D eigenvalue weighted by Crippen LogP contribution is -2.30. The van der Waals surface area contributed by atoms with Crippen LogP contribution < -0.4 is 10.9 Å². The molecule has 0 saturated carbocycles. The van der Waals surface area contributed by atoms with Crippen molar-refractivity contribution in [2.75, 3.05) is 11.9 Å². The molecule has 1 aliphatic heterocycles. The standard InChI is InChI=1S/C17H17N5O3S/c1-10-16(24)22(12-6-3-2-5-11(12)18-10)9-14(23)19-17-21-20-15(26-17)13-7-4-8-25-13/h2-3,5-6,13H,4,7-9H2,1H3,(H,19,21,23)/t13-/m0/s1. The number of carbonyl (C=O) groups is 1. The number of benzene rings is 1. The number of hydrogen-bond acceptors (Lipinski definition) is 7. The van der Waals surface area contributed by atoms with Crippen molar-refractivity contribution in [1.29, 1.82) is 0 Å². The van der Waals surface area contributed by atoms with Gasteiger partial charge in [-0.1, -0.05) is 23.5 Å². The second-order valence-electron chi connectivity index (χ2n) is 6.07. The summed E-state index contributed by atoms with van der Waals surface area (Å²) in [6.45, 7) is 2.25. The molecule has 1 saturated heterocycles. The minimum absolute atomic E-state index is 0.0347.